The van der Waals surface area contributed by atoms with Gasteiger partial charge in [0.15, 0.2) is 6.10 Å². The molecule has 1 fully saturated rings. The molecule has 13 heteroatoms. The van der Waals surface area contributed by atoms with Crippen molar-refractivity contribution in [2.75, 3.05) is 13.2 Å². The van der Waals surface area contributed by atoms with E-state index in [4.69, 9.17) is 23.7 Å². The van der Waals surface area contributed by atoms with Crippen LogP contribution in [0.4, 0.5) is 0 Å². The molecular weight excluding hydrogens is 556 g/mol. The summed E-state index contributed by atoms with van der Waals surface area (Å²) in [5.41, 5.74) is 0.463. The molecule has 0 radical (unpaired) electrons. The third kappa shape index (κ3) is 5.43. The Kier molecular flexibility index (Phi) is 8.20. The summed E-state index contributed by atoms with van der Waals surface area (Å²) in [5, 5.41) is 61.8. The first-order valence-electron chi connectivity index (χ1n) is 12.8. The lowest BCUT2D eigenvalue weighted by atomic mass is 9.89. The number of fused-ring (bicyclic) bond motifs is 1. The fourth-order valence-electron chi connectivity index (χ4n) is 5.00. The summed E-state index contributed by atoms with van der Waals surface area (Å²) in [5.74, 6) is -3.75. The van der Waals surface area contributed by atoms with Gasteiger partial charge >= 0.3 is 11.9 Å². The van der Waals surface area contributed by atoms with E-state index >= 15 is 0 Å². The lowest BCUT2D eigenvalue weighted by Gasteiger charge is -2.43. The molecule has 7 atom stereocenters. The number of cyclic esters (lactones) is 1. The highest BCUT2D eigenvalue weighted by Gasteiger charge is 2.50. The Labute approximate surface area is 238 Å². The molecule has 2 aromatic carbocycles. The number of carbonyl (C=O) groups is 2. The van der Waals surface area contributed by atoms with Crippen molar-refractivity contribution in [3.05, 3.63) is 78.1 Å². The number of phenols is 3. The molecule has 0 aromatic heterocycles. The molecule has 0 amide bonds. The first-order chi connectivity index (χ1) is 20.1. The number of hydrogen-bond acceptors (Lipinski definition) is 13. The number of aromatic hydroxyl groups is 3. The average Bonchev–Trinajstić information content (AvgIpc) is 2.96. The summed E-state index contributed by atoms with van der Waals surface area (Å²) in [6.45, 7) is 3.05. The van der Waals surface area contributed by atoms with Gasteiger partial charge in [-0.05, 0) is 35.4 Å². The SMILES string of the molecule is C=C[C@@H]1C2=CCOC(=O)C2=CO[C@H]1O[C@@H]1O[C@H](CO)[C@@H](O)[C@H](O)[C@H]1OC(=O)c1c(O)cc(O)cc1-c1cccc(O)c1. The lowest BCUT2D eigenvalue weighted by Crippen LogP contribution is -2.61. The largest absolute Gasteiger partial charge is 0.508 e. The van der Waals surface area contributed by atoms with Gasteiger partial charge in [-0.15, -0.1) is 6.58 Å². The van der Waals surface area contributed by atoms with Crippen LogP contribution in [-0.2, 0) is 28.5 Å². The van der Waals surface area contributed by atoms with Crippen molar-refractivity contribution in [3.63, 3.8) is 0 Å². The number of aliphatic hydroxyl groups excluding tert-OH is 3. The summed E-state index contributed by atoms with van der Waals surface area (Å²) in [6.07, 6.45) is -5.23. The van der Waals surface area contributed by atoms with Gasteiger partial charge in [-0.25, -0.2) is 9.59 Å². The molecule has 3 aliphatic rings. The van der Waals surface area contributed by atoms with E-state index in [1.165, 1.54) is 36.4 Å². The number of esters is 2. The maximum absolute atomic E-state index is 13.5. The Hall–Kier alpha value is -4.40. The third-order valence-electron chi connectivity index (χ3n) is 7.07. The molecule has 2 aromatic rings. The minimum absolute atomic E-state index is 0.0118. The second-order valence-corrected chi connectivity index (χ2v) is 9.71. The van der Waals surface area contributed by atoms with Crippen LogP contribution in [0.15, 0.2) is 72.5 Å². The van der Waals surface area contributed by atoms with Gasteiger partial charge in [0.1, 0.15) is 54.0 Å². The van der Waals surface area contributed by atoms with E-state index < -0.39 is 72.8 Å². The molecule has 0 saturated carbocycles. The number of aliphatic hydroxyl groups is 3. The molecule has 3 aliphatic heterocycles. The highest BCUT2D eigenvalue weighted by molar-refractivity contribution is 6.00. The van der Waals surface area contributed by atoms with E-state index in [1.807, 2.05) is 0 Å². The van der Waals surface area contributed by atoms with Gasteiger partial charge in [-0.2, -0.15) is 0 Å². The quantitative estimate of drug-likeness (QED) is 0.199. The highest BCUT2D eigenvalue weighted by Crippen LogP contribution is 2.39. The first kappa shape index (κ1) is 29.1. The van der Waals surface area contributed by atoms with Crippen molar-refractivity contribution < 1.29 is 63.9 Å². The molecule has 0 bridgehead atoms. The van der Waals surface area contributed by atoms with E-state index in [-0.39, 0.29) is 34.8 Å². The van der Waals surface area contributed by atoms with Crippen LogP contribution in [0.3, 0.4) is 0 Å². The molecule has 0 spiro atoms. The lowest BCUT2D eigenvalue weighted by molar-refractivity contribution is -0.334. The van der Waals surface area contributed by atoms with Crippen LogP contribution in [0.5, 0.6) is 17.2 Å². The predicted octanol–water partition coefficient (Wildman–Crippen LogP) is 0.977. The molecule has 1 saturated heterocycles. The Morgan fingerprint density at radius 3 is 2.57 bits per heavy atom. The Bertz CT molecular complexity index is 1450. The minimum Gasteiger partial charge on any atom is -0.508 e. The van der Waals surface area contributed by atoms with E-state index in [2.05, 4.69) is 6.58 Å². The van der Waals surface area contributed by atoms with Crippen molar-refractivity contribution in [3.8, 4) is 28.4 Å². The first-order valence-corrected chi connectivity index (χ1v) is 12.8. The second kappa shape index (κ2) is 11.8. The smallest absolute Gasteiger partial charge is 0.343 e. The van der Waals surface area contributed by atoms with Crippen LogP contribution >= 0.6 is 0 Å². The zero-order valence-corrected chi connectivity index (χ0v) is 21.9. The van der Waals surface area contributed by atoms with E-state index in [9.17, 15) is 40.2 Å². The van der Waals surface area contributed by atoms with Gasteiger partial charge in [-0.1, -0.05) is 18.2 Å². The third-order valence-corrected chi connectivity index (χ3v) is 7.07. The summed E-state index contributed by atoms with van der Waals surface area (Å²) in [7, 11) is 0. The summed E-state index contributed by atoms with van der Waals surface area (Å²) >= 11 is 0. The van der Waals surface area contributed by atoms with Crippen LogP contribution < -0.4 is 0 Å². The van der Waals surface area contributed by atoms with Gasteiger partial charge < -0.3 is 54.3 Å². The van der Waals surface area contributed by atoms with Crippen molar-refractivity contribution in [2.45, 2.75) is 37.0 Å². The van der Waals surface area contributed by atoms with Gasteiger partial charge in [0.05, 0.1) is 18.1 Å². The molecule has 13 nitrogen and oxygen atoms in total. The molecule has 5 rings (SSSR count). The zero-order chi connectivity index (χ0) is 30.1. The normalized spacial score (nSPS) is 28.8. The minimum atomic E-state index is -1.84. The Balaban J connectivity index is 1.47. The number of carbonyl (C=O) groups excluding carboxylic acids is 2. The van der Waals surface area contributed by atoms with Crippen LogP contribution in [-0.4, -0.2) is 92.8 Å². The van der Waals surface area contributed by atoms with Crippen molar-refractivity contribution in [2.24, 2.45) is 5.92 Å². The van der Waals surface area contributed by atoms with Crippen molar-refractivity contribution in [1.82, 2.24) is 0 Å². The molecule has 222 valence electrons. The Morgan fingerprint density at radius 1 is 1.07 bits per heavy atom. The van der Waals surface area contributed by atoms with E-state index in [0.29, 0.717) is 5.57 Å². The van der Waals surface area contributed by atoms with Crippen LogP contribution in [0.25, 0.3) is 11.1 Å². The standard InChI is InChI=1S/C29H28O13/c1-2-16-17-6-7-38-26(36)19(17)12-39-28(16)42-29-25(24(35)23(34)21(11-30)40-29)41-27(37)22-18(9-15(32)10-20(22)33)13-4-3-5-14(31)8-13/h2-6,8-10,12,16,21,23-25,28-35H,1,7,11H2/t16-,21-,23-,24+,25-,28+,29+/m1/s1. The number of hydrogen-bond donors (Lipinski definition) is 6. The maximum atomic E-state index is 13.5. The van der Waals surface area contributed by atoms with Gasteiger partial charge in [-0.3, -0.25) is 0 Å². The van der Waals surface area contributed by atoms with Crippen molar-refractivity contribution in [1.29, 1.82) is 0 Å². The fraction of sp³-hybridized carbons (Fsp3) is 0.310. The molecule has 42 heavy (non-hydrogen) atoms. The van der Waals surface area contributed by atoms with Gasteiger partial charge in [0.25, 0.3) is 0 Å². The second-order valence-electron chi connectivity index (χ2n) is 9.71. The van der Waals surface area contributed by atoms with Crippen LogP contribution in [0.1, 0.15) is 10.4 Å². The fourth-order valence-corrected chi connectivity index (χ4v) is 5.00. The van der Waals surface area contributed by atoms with Gasteiger partial charge in [0, 0.05) is 11.6 Å². The molecular formula is C29H28O13. The summed E-state index contributed by atoms with van der Waals surface area (Å²) in [6, 6.07) is 7.74. The van der Waals surface area contributed by atoms with Crippen molar-refractivity contribution >= 4 is 11.9 Å². The highest BCUT2D eigenvalue weighted by atomic mass is 16.8. The van der Waals surface area contributed by atoms with E-state index in [1.54, 1.807) is 6.08 Å². The number of ether oxygens (including phenoxy) is 5. The topological polar surface area (TPSA) is 202 Å². The molecule has 0 aliphatic carbocycles. The number of phenolic OH excluding ortho intramolecular Hbond substituents is 3. The predicted molar refractivity (Wildman–Crippen MR) is 141 cm³/mol. The summed E-state index contributed by atoms with van der Waals surface area (Å²) in [4.78, 5) is 25.7. The number of rotatable bonds is 7. The summed E-state index contributed by atoms with van der Waals surface area (Å²) < 4.78 is 27.7. The maximum Gasteiger partial charge on any atom is 0.343 e. The monoisotopic (exact) mass is 584 g/mol. The van der Waals surface area contributed by atoms with Gasteiger partial charge in [0.2, 0.25) is 12.6 Å². The number of benzene rings is 2. The Morgan fingerprint density at radius 2 is 1.86 bits per heavy atom. The van der Waals surface area contributed by atoms with E-state index in [0.717, 1.165) is 12.3 Å². The van der Waals surface area contributed by atoms with Crippen LogP contribution in [0.2, 0.25) is 0 Å². The van der Waals surface area contributed by atoms with Crippen LogP contribution in [0, 0.1) is 5.92 Å². The average molecular weight is 585 g/mol. The molecule has 3 heterocycles. The zero-order valence-electron chi connectivity index (χ0n) is 21.9. The molecule has 6 N–H and O–H groups in total. The molecule has 0 unspecified atom stereocenters.